The first-order chi connectivity index (χ1) is 12.4. The number of nitrogens with one attached hydrogen (secondary N) is 1. The summed E-state index contributed by atoms with van der Waals surface area (Å²) in [4.78, 5) is 3.84. The fraction of sp³-hybridized carbons (Fsp3) is 0.294. The molecule has 1 unspecified atom stereocenters. The average molecular weight is 367 g/mol. The Balaban J connectivity index is 1.76. The number of halogens is 4. The van der Waals surface area contributed by atoms with Gasteiger partial charge in [0.25, 0.3) is 0 Å². The van der Waals surface area contributed by atoms with Crippen molar-refractivity contribution in [1.82, 2.24) is 24.6 Å². The van der Waals surface area contributed by atoms with E-state index in [1.165, 1.54) is 46.3 Å². The third kappa shape index (κ3) is 3.93. The second kappa shape index (κ2) is 7.28. The number of rotatable bonds is 6. The lowest BCUT2D eigenvalue weighted by atomic mass is 10.1. The van der Waals surface area contributed by atoms with Crippen LogP contribution in [0.25, 0.3) is 5.69 Å². The average Bonchev–Trinajstić information content (AvgIpc) is 3.25. The number of aromatic nitrogens is 4. The van der Waals surface area contributed by atoms with E-state index in [2.05, 4.69) is 15.4 Å². The molecule has 0 amide bonds. The number of aryl methyl sites for hydroxylation is 1. The second-order valence-corrected chi connectivity index (χ2v) is 5.74. The Morgan fingerprint density at radius 1 is 1.27 bits per heavy atom. The van der Waals surface area contributed by atoms with Gasteiger partial charge in [0.05, 0.1) is 18.2 Å². The van der Waals surface area contributed by atoms with E-state index in [1.807, 2.05) is 0 Å². The number of nitrogens with zero attached hydrogens (tertiary/aromatic N) is 4. The van der Waals surface area contributed by atoms with Gasteiger partial charge in [-0.1, -0.05) is 6.07 Å². The van der Waals surface area contributed by atoms with Crippen LogP contribution in [-0.4, -0.2) is 25.5 Å². The van der Waals surface area contributed by atoms with Crippen LogP contribution < -0.4 is 5.32 Å². The molecule has 3 aromatic rings. The van der Waals surface area contributed by atoms with Crippen molar-refractivity contribution in [2.24, 2.45) is 0 Å². The zero-order valence-electron chi connectivity index (χ0n) is 13.9. The first-order valence-corrected chi connectivity index (χ1v) is 7.97. The van der Waals surface area contributed by atoms with Gasteiger partial charge in [-0.25, -0.2) is 9.37 Å². The molecule has 3 rings (SSSR count). The molecule has 1 N–H and O–H groups in total. The molecule has 2 aromatic heterocycles. The van der Waals surface area contributed by atoms with Crippen LogP contribution in [0.15, 0.2) is 49.3 Å². The summed E-state index contributed by atoms with van der Waals surface area (Å²) in [6.45, 7) is 2.13. The van der Waals surface area contributed by atoms with Crippen LogP contribution in [-0.2, 0) is 13.1 Å². The predicted molar refractivity (Wildman–Crippen MR) is 87.1 cm³/mol. The smallest absolute Gasteiger partial charge is 0.303 e. The Kier molecular flexibility index (Phi) is 5.08. The van der Waals surface area contributed by atoms with Crippen molar-refractivity contribution >= 4 is 0 Å². The van der Waals surface area contributed by atoms with E-state index in [1.54, 1.807) is 19.2 Å². The summed E-state index contributed by atoms with van der Waals surface area (Å²) in [6, 6.07) is 2.42. The second-order valence-electron chi connectivity index (χ2n) is 5.74. The van der Waals surface area contributed by atoms with Crippen molar-refractivity contribution in [2.45, 2.75) is 32.2 Å². The van der Waals surface area contributed by atoms with E-state index in [0.29, 0.717) is 12.1 Å². The molecule has 0 bridgehead atoms. The Hall–Kier alpha value is -2.68. The fourth-order valence-electron chi connectivity index (χ4n) is 2.62. The van der Waals surface area contributed by atoms with Crippen molar-refractivity contribution in [1.29, 1.82) is 0 Å². The first-order valence-electron chi connectivity index (χ1n) is 7.97. The van der Waals surface area contributed by atoms with Gasteiger partial charge < -0.3 is 4.57 Å². The Morgan fingerprint density at radius 2 is 2.08 bits per heavy atom. The summed E-state index contributed by atoms with van der Waals surface area (Å²) >= 11 is 0. The lowest BCUT2D eigenvalue weighted by Crippen LogP contribution is -2.33. The predicted octanol–water partition coefficient (Wildman–Crippen LogP) is 3.62. The summed E-state index contributed by atoms with van der Waals surface area (Å²) < 4.78 is 57.2. The lowest BCUT2D eigenvalue weighted by Gasteiger charge is -2.20. The molecule has 26 heavy (non-hydrogen) atoms. The van der Waals surface area contributed by atoms with Crippen LogP contribution in [0.4, 0.5) is 17.6 Å². The van der Waals surface area contributed by atoms with E-state index in [4.69, 9.17) is 0 Å². The van der Waals surface area contributed by atoms with E-state index in [-0.39, 0.29) is 17.8 Å². The maximum atomic E-state index is 14.2. The van der Waals surface area contributed by atoms with Gasteiger partial charge in [-0.3, -0.25) is 10.00 Å². The summed E-state index contributed by atoms with van der Waals surface area (Å²) in [5, 5.41) is 6.33. The van der Waals surface area contributed by atoms with Crippen molar-refractivity contribution in [2.75, 3.05) is 0 Å². The molecule has 0 aliphatic carbocycles. The third-order valence-corrected chi connectivity index (χ3v) is 3.94. The highest BCUT2D eigenvalue weighted by Gasteiger charge is 2.41. The van der Waals surface area contributed by atoms with Gasteiger partial charge in [0.2, 0.25) is 0 Å². The maximum Gasteiger partial charge on any atom is 0.408 e. The number of hydrogen-bond donors (Lipinski definition) is 1. The van der Waals surface area contributed by atoms with E-state index in [9.17, 15) is 17.6 Å². The van der Waals surface area contributed by atoms with Crippen molar-refractivity contribution in [3.05, 3.63) is 66.3 Å². The van der Waals surface area contributed by atoms with Gasteiger partial charge in [0, 0.05) is 37.2 Å². The summed E-state index contributed by atoms with van der Waals surface area (Å²) in [6.07, 6.45) is 2.60. The van der Waals surface area contributed by atoms with Crippen LogP contribution in [0, 0.1) is 5.82 Å². The lowest BCUT2D eigenvalue weighted by molar-refractivity contribution is -0.158. The molecule has 0 saturated carbocycles. The number of imidazole rings is 1. The minimum absolute atomic E-state index is 0.0230. The zero-order chi connectivity index (χ0) is 18.7. The quantitative estimate of drug-likeness (QED) is 0.677. The first kappa shape index (κ1) is 18.1. The molecule has 0 radical (unpaired) electrons. The van der Waals surface area contributed by atoms with Crippen LogP contribution in [0.1, 0.15) is 24.1 Å². The van der Waals surface area contributed by atoms with Crippen LogP contribution in [0.2, 0.25) is 0 Å². The molecule has 0 saturated heterocycles. The molecule has 0 aliphatic rings. The molecule has 9 heteroatoms. The third-order valence-electron chi connectivity index (χ3n) is 3.94. The van der Waals surface area contributed by atoms with Gasteiger partial charge in [-0.15, -0.1) is 0 Å². The Labute approximate surface area is 147 Å². The molecule has 0 spiro atoms. The van der Waals surface area contributed by atoms with Crippen molar-refractivity contribution < 1.29 is 17.6 Å². The Bertz CT molecular complexity index is 854. The molecule has 2 heterocycles. The summed E-state index contributed by atoms with van der Waals surface area (Å²) in [7, 11) is 0. The molecule has 1 aromatic carbocycles. The molecular weight excluding hydrogens is 350 g/mol. The number of hydrogen-bond acceptors (Lipinski definition) is 3. The van der Waals surface area contributed by atoms with E-state index in [0.717, 1.165) is 0 Å². The van der Waals surface area contributed by atoms with Crippen molar-refractivity contribution in [3.63, 3.8) is 0 Å². The zero-order valence-corrected chi connectivity index (χ0v) is 13.9. The largest absolute Gasteiger partial charge is 0.408 e. The van der Waals surface area contributed by atoms with E-state index >= 15 is 0 Å². The number of benzene rings is 1. The van der Waals surface area contributed by atoms with E-state index < -0.39 is 18.0 Å². The van der Waals surface area contributed by atoms with Crippen LogP contribution >= 0.6 is 0 Å². The van der Waals surface area contributed by atoms with Crippen LogP contribution in [0.3, 0.4) is 0 Å². The summed E-state index contributed by atoms with van der Waals surface area (Å²) in [5.74, 6) is -0.537. The Morgan fingerprint density at radius 3 is 2.65 bits per heavy atom. The SMILES string of the molecule is CCn1cc(C(NCc2ccc(-n3ccnc3)c(F)c2)C(F)(F)F)cn1. The summed E-state index contributed by atoms with van der Waals surface area (Å²) in [5.41, 5.74) is 0.709. The topological polar surface area (TPSA) is 47.7 Å². The van der Waals surface area contributed by atoms with Gasteiger partial charge in [-0.05, 0) is 24.6 Å². The highest BCUT2D eigenvalue weighted by atomic mass is 19.4. The molecule has 5 nitrogen and oxygen atoms in total. The number of alkyl halides is 3. The fourth-order valence-corrected chi connectivity index (χ4v) is 2.62. The molecule has 0 aliphatic heterocycles. The molecular formula is C17H17F4N5. The minimum atomic E-state index is -4.49. The van der Waals surface area contributed by atoms with Gasteiger partial charge in [0.1, 0.15) is 11.9 Å². The standard InChI is InChI=1S/C17H17F4N5/c1-2-26-10-13(9-24-26)16(17(19,20)21)23-8-12-3-4-15(14(18)7-12)25-6-5-22-11-25/h3-7,9-11,16,23H,2,8H2,1H3. The monoisotopic (exact) mass is 367 g/mol. The normalized spacial score (nSPS) is 13.1. The highest BCUT2D eigenvalue weighted by Crippen LogP contribution is 2.32. The molecule has 138 valence electrons. The van der Waals surface area contributed by atoms with Gasteiger partial charge in [-0.2, -0.15) is 18.3 Å². The van der Waals surface area contributed by atoms with Gasteiger partial charge in [0.15, 0.2) is 0 Å². The van der Waals surface area contributed by atoms with Crippen molar-refractivity contribution in [3.8, 4) is 5.69 Å². The molecule has 1 atom stereocenters. The van der Waals surface area contributed by atoms with Gasteiger partial charge >= 0.3 is 6.18 Å². The van der Waals surface area contributed by atoms with Crippen LogP contribution in [0.5, 0.6) is 0 Å². The maximum absolute atomic E-state index is 14.2. The highest BCUT2D eigenvalue weighted by molar-refractivity contribution is 5.36. The molecule has 0 fully saturated rings. The minimum Gasteiger partial charge on any atom is -0.303 e.